The summed E-state index contributed by atoms with van der Waals surface area (Å²) in [5.41, 5.74) is 3.48. The van der Waals surface area contributed by atoms with Crippen LogP contribution in [0.2, 0.25) is 0 Å². The van der Waals surface area contributed by atoms with Gasteiger partial charge in [-0.25, -0.2) is 4.79 Å². The highest BCUT2D eigenvalue weighted by molar-refractivity contribution is 5.99. The topological polar surface area (TPSA) is 83.6 Å². The fraction of sp³-hybridized carbons (Fsp3) is 0.381. The number of hydrogen-bond donors (Lipinski definition) is 2. The Labute approximate surface area is 164 Å². The molecule has 2 N–H and O–H groups in total. The number of aryl methyl sites for hydroxylation is 1. The lowest BCUT2D eigenvalue weighted by Gasteiger charge is -2.21. The molecule has 7 nitrogen and oxygen atoms in total. The molecule has 4 rings (SSSR count). The van der Waals surface area contributed by atoms with E-state index in [-0.39, 0.29) is 23.9 Å². The molecule has 2 aromatic rings. The van der Waals surface area contributed by atoms with Crippen LogP contribution in [0.25, 0.3) is 0 Å². The van der Waals surface area contributed by atoms with Crippen molar-refractivity contribution >= 4 is 17.6 Å². The van der Waals surface area contributed by atoms with E-state index in [2.05, 4.69) is 15.6 Å². The summed E-state index contributed by atoms with van der Waals surface area (Å²) in [5.74, 6) is 0.0803. The Morgan fingerprint density at radius 2 is 2.11 bits per heavy atom. The zero-order valence-electron chi connectivity index (χ0n) is 15.9. The van der Waals surface area contributed by atoms with Gasteiger partial charge in [0.25, 0.3) is 5.91 Å². The maximum absolute atomic E-state index is 12.9. The highest BCUT2D eigenvalue weighted by Crippen LogP contribution is 2.24. The van der Waals surface area contributed by atoms with Crippen molar-refractivity contribution < 1.29 is 14.3 Å². The van der Waals surface area contributed by atoms with Gasteiger partial charge >= 0.3 is 6.03 Å². The molecule has 3 heterocycles. The standard InChI is InChI=1S/C21H24N4O3/c1-14-2-3-16(11-19(14)25-9-8-23-21(25)27)20(26)24-18-13-28-12-17(18)10-15-4-6-22-7-5-15/h2-7,11,17-18H,8-10,12-13H2,1H3,(H,23,27)(H,24,26)/t17-,18-/m1/s1. The monoisotopic (exact) mass is 380 g/mol. The minimum Gasteiger partial charge on any atom is -0.379 e. The number of urea groups is 1. The van der Waals surface area contributed by atoms with Crippen molar-refractivity contribution in [2.75, 3.05) is 31.2 Å². The molecule has 0 unspecified atom stereocenters. The maximum Gasteiger partial charge on any atom is 0.322 e. The van der Waals surface area contributed by atoms with Gasteiger partial charge in [-0.15, -0.1) is 0 Å². The van der Waals surface area contributed by atoms with Gasteiger partial charge in [-0.2, -0.15) is 0 Å². The first kappa shape index (κ1) is 18.4. The van der Waals surface area contributed by atoms with Crippen LogP contribution < -0.4 is 15.5 Å². The molecule has 28 heavy (non-hydrogen) atoms. The number of hydrogen-bond acceptors (Lipinski definition) is 4. The summed E-state index contributed by atoms with van der Waals surface area (Å²) >= 11 is 0. The molecule has 0 aliphatic carbocycles. The van der Waals surface area contributed by atoms with Crippen LogP contribution in [0.3, 0.4) is 0 Å². The number of anilines is 1. The van der Waals surface area contributed by atoms with Crippen molar-refractivity contribution in [3.05, 3.63) is 59.4 Å². The summed E-state index contributed by atoms with van der Waals surface area (Å²) < 4.78 is 5.63. The van der Waals surface area contributed by atoms with Crippen LogP contribution in [0.5, 0.6) is 0 Å². The zero-order chi connectivity index (χ0) is 19.5. The Hall–Kier alpha value is -2.93. The maximum atomic E-state index is 12.9. The largest absolute Gasteiger partial charge is 0.379 e. The number of nitrogens with one attached hydrogen (secondary N) is 2. The van der Waals surface area contributed by atoms with E-state index in [1.807, 2.05) is 25.1 Å². The highest BCUT2D eigenvalue weighted by Gasteiger charge is 2.30. The molecule has 146 valence electrons. The van der Waals surface area contributed by atoms with Crippen molar-refractivity contribution in [1.29, 1.82) is 0 Å². The van der Waals surface area contributed by atoms with E-state index in [4.69, 9.17) is 4.74 Å². The van der Waals surface area contributed by atoms with Crippen LogP contribution >= 0.6 is 0 Å². The fourth-order valence-electron chi connectivity index (χ4n) is 3.78. The smallest absolute Gasteiger partial charge is 0.322 e. The number of nitrogens with zero attached hydrogens (tertiary/aromatic N) is 2. The number of pyridine rings is 1. The molecule has 7 heteroatoms. The molecule has 2 aliphatic rings. The van der Waals surface area contributed by atoms with Crippen LogP contribution in [0.1, 0.15) is 21.5 Å². The average Bonchev–Trinajstić information content (AvgIpc) is 3.32. The van der Waals surface area contributed by atoms with Gasteiger partial charge in [0.05, 0.1) is 19.3 Å². The fourth-order valence-corrected chi connectivity index (χ4v) is 3.78. The molecule has 2 atom stereocenters. The van der Waals surface area contributed by atoms with E-state index in [9.17, 15) is 9.59 Å². The third-order valence-electron chi connectivity index (χ3n) is 5.38. The predicted molar refractivity (Wildman–Crippen MR) is 105 cm³/mol. The van der Waals surface area contributed by atoms with Gasteiger partial charge < -0.3 is 15.4 Å². The highest BCUT2D eigenvalue weighted by atomic mass is 16.5. The van der Waals surface area contributed by atoms with Gasteiger partial charge in [0.2, 0.25) is 0 Å². The second-order valence-corrected chi connectivity index (χ2v) is 7.32. The Bertz CT molecular complexity index is 871. The predicted octanol–water partition coefficient (Wildman–Crippen LogP) is 1.91. The Morgan fingerprint density at radius 3 is 2.86 bits per heavy atom. The van der Waals surface area contributed by atoms with Crippen molar-refractivity contribution in [2.24, 2.45) is 5.92 Å². The Morgan fingerprint density at radius 1 is 1.29 bits per heavy atom. The van der Waals surface area contributed by atoms with Crippen LogP contribution in [-0.4, -0.2) is 49.3 Å². The molecule has 1 aromatic heterocycles. The summed E-state index contributed by atoms with van der Waals surface area (Å²) in [7, 11) is 0. The molecule has 2 saturated heterocycles. The quantitative estimate of drug-likeness (QED) is 0.830. The molecule has 0 radical (unpaired) electrons. The van der Waals surface area contributed by atoms with Gasteiger partial charge in [0.1, 0.15) is 0 Å². The summed E-state index contributed by atoms with van der Waals surface area (Å²) in [5, 5.41) is 5.91. The Balaban J connectivity index is 1.46. The van der Waals surface area contributed by atoms with Crippen molar-refractivity contribution in [3.8, 4) is 0 Å². The van der Waals surface area contributed by atoms with E-state index >= 15 is 0 Å². The van der Waals surface area contributed by atoms with Crippen molar-refractivity contribution in [1.82, 2.24) is 15.6 Å². The number of aromatic nitrogens is 1. The average molecular weight is 380 g/mol. The summed E-state index contributed by atoms with van der Waals surface area (Å²) in [4.78, 5) is 30.6. The number of carbonyl (C=O) groups excluding carboxylic acids is 2. The first-order valence-electron chi connectivity index (χ1n) is 9.55. The van der Waals surface area contributed by atoms with Gasteiger partial charge in [-0.1, -0.05) is 6.07 Å². The van der Waals surface area contributed by atoms with Gasteiger partial charge in [-0.05, 0) is 48.7 Å². The first-order chi connectivity index (χ1) is 13.6. The normalized spacial score (nSPS) is 21.6. The van der Waals surface area contributed by atoms with Crippen LogP contribution in [-0.2, 0) is 11.2 Å². The van der Waals surface area contributed by atoms with E-state index in [0.717, 1.165) is 17.7 Å². The van der Waals surface area contributed by atoms with E-state index in [0.29, 0.717) is 31.9 Å². The van der Waals surface area contributed by atoms with E-state index < -0.39 is 0 Å². The molecule has 2 fully saturated rings. The first-order valence-corrected chi connectivity index (χ1v) is 9.55. The number of benzene rings is 1. The lowest BCUT2D eigenvalue weighted by atomic mass is 9.95. The van der Waals surface area contributed by atoms with Crippen molar-refractivity contribution in [3.63, 3.8) is 0 Å². The van der Waals surface area contributed by atoms with Gasteiger partial charge in [0.15, 0.2) is 0 Å². The second kappa shape index (κ2) is 7.98. The Kier molecular flexibility index (Phi) is 5.25. The minimum absolute atomic E-state index is 0.0412. The van der Waals surface area contributed by atoms with E-state index in [1.54, 1.807) is 29.4 Å². The summed E-state index contributed by atoms with van der Waals surface area (Å²) in [6, 6.07) is 9.30. The van der Waals surface area contributed by atoms with Crippen LogP contribution in [0.15, 0.2) is 42.7 Å². The van der Waals surface area contributed by atoms with Crippen molar-refractivity contribution in [2.45, 2.75) is 19.4 Å². The van der Waals surface area contributed by atoms with Crippen LogP contribution in [0.4, 0.5) is 10.5 Å². The summed E-state index contributed by atoms with van der Waals surface area (Å²) in [6.07, 6.45) is 4.39. The molecule has 0 bridgehead atoms. The third kappa shape index (κ3) is 3.84. The number of amides is 3. The lowest BCUT2D eigenvalue weighted by Crippen LogP contribution is -2.40. The summed E-state index contributed by atoms with van der Waals surface area (Å²) in [6.45, 7) is 4.30. The molecular formula is C21H24N4O3. The molecule has 0 spiro atoms. The lowest BCUT2D eigenvalue weighted by molar-refractivity contribution is 0.0925. The van der Waals surface area contributed by atoms with Gasteiger partial charge in [0, 0.05) is 42.7 Å². The molecule has 3 amide bonds. The molecule has 0 saturated carbocycles. The second-order valence-electron chi connectivity index (χ2n) is 7.32. The third-order valence-corrected chi connectivity index (χ3v) is 5.38. The van der Waals surface area contributed by atoms with Gasteiger partial charge in [-0.3, -0.25) is 14.7 Å². The molecule has 1 aromatic carbocycles. The molecule has 2 aliphatic heterocycles. The molecular weight excluding hydrogens is 356 g/mol. The minimum atomic E-state index is -0.143. The SMILES string of the molecule is Cc1ccc(C(=O)N[C@@H]2COC[C@H]2Cc2ccncc2)cc1N1CCNC1=O. The number of rotatable bonds is 5. The van der Waals surface area contributed by atoms with Crippen LogP contribution in [0, 0.1) is 12.8 Å². The number of carbonyl (C=O) groups is 2. The van der Waals surface area contributed by atoms with E-state index in [1.165, 1.54) is 5.56 Å². The number of ether oxygens (including phenoxy) is 1. The zero-order valence-corrected chi connectivity index (χ0v) is 15.9.